The number of pyridine rings is 1. The molecule has 0 aliphatic carbocycles. The van der Waals surface area contributed by atoms with Crippen LogP contribution < -0.4 is 10.1 Å². The first-order valence-corrected chi connectivity index (χ1v) is 7.44. The van der Waals surface area contributed by atoms with Gasteiger partial charge in [-0.25, -0.2) is 4.98 Å². The quantitative estimate of drug-likeness (QED) is 0.880. The normalized spacial score (nSPS) is 12.2. The van der Waals surface area contributed by atoms with Gasteiger partial charge in [0.05, 0.1) is 7.11 Å². The van der Waals surface area contributed by atoms with Crippen molar-refractivity contribution in [3.05, 3.63) is 58.8 Å². The molecule has 2 aromatic rings. The molecule has 0 bridgehead atoms. The fourth-order valence-electron chi connectivity index (χ4n) is 2.62. The number of aromatic nitrogens is 1. The summed E-state index contributed by atoms with van der Waals surface area (Å²) in [6.45, 7) is 7.33. The molecule has 0 radical (unpaired) electrons. The van der Waals surface area contributed by atoms with E-state index in [2.05, 4.69) is 55.3 Å². The van der Waals surface area contributed by atoms with E-state index in [1.54, 1.807) is 13.3 Å². The fourth-order valence-corrected chi connectivity index (χ4v) is 2.62. The number of ether oxygens (including phenoxy) is 1. The lowest BCUT2D eigenvalue weighted by Crippen LogP contribution is -2.24. The van der Waals surface area contributed by atoms with Gasteiger partial charge in [0, 0.05) is 17.8 Å². The molecule has 0 aliphatic heterocycles. The predicted molar refractivity (Wildman–Crippen MR) is 86.8 cm³/mol. The molecule has 1 N–H and O–H groups in total. The van der Waals surface area contributed by atoms with Crippen LogP contribution in [0.2, 0.25) is 0 Å². The molecular formula is C18H24N2O. The smallest absolute Gasteiger partial charge is 0.217 e. The monoisotopic (exact) mass is 284 g/mol. The lowest BCUT2D eigenvalue weighted by molar-refractivity contribution is 0.382. The van der Waals surface area contributed by atoms with Crippen LogP contribution in [0.4, 0.5) is 0 Å². The Morgan fingerprint density at radius 1 is 1.24 bits per heavy atom. The average Bonchev–Trinajstić information content (AvgIpc) is 2.50. The molecule has 3 nitrogen and oxygen atoms in total. The van der Waals surface area contributed by atoms with Gasteiger partial charge in [-0.15, -0.1) is 0 Å². The van der Waals surface area contributed by atoms with Gasteiger partial charge in [-0.3, -0.25) is 0 Å². The topological polar surface area (TPSA) is 34.2 Å². The van der Waals surface area contributed by atoms with Crippen LogP contribution in [0.5, 0.6) is 5.88 Å². The first kappa shape index (κ1) is 15.5. The van der Waals surface area contributed by atoms with Gasteiger partial charge in [-0.1, -0.05) is 36.8 Å². The first-order valence-electron chi connectivity index (χ1n) is 7.44. The highest BCUT2D eigenvalue weighted by Crippen LogP contribution is 2.26. The summed E-state index contributed by atoms with van der Waals surface area (Å²) in [6.07, 6.45) is 2.70. The van der Waals surface area contributed by atoms with E-state index in [9.17, 15) is 0 Å². The average molecular weight is 284 g/mol. The second-order valence-corrected chi connectivity index (χ2v) is 5.35. The molecule has 3 heteroatoms. The maximum Gasteiger partial charge on any atom is 0.217 e. The van der Waals surface area contributed by atoms with Gasteiger partial charge >= 0.3 is 0 Å². The SMILES string of the molecule is CCNC(Cc1cc(C)ccc1C)c1cccnc1OC. The largest absolute Gasteiger partial charge is 0.481 e. The Kier molecular flexibility index (Phi) is 5.34. The van der Waals surface area contributed by atoms with E-state index in [1.807, 2.05) is 6.07 Å². The van der Waals surface area contributed by atoms with E-state index in [0.29, 0.717) is 5.88 Å². The molecular weight excluding hydrogens is 260 g/mol. The number of likely N-dealkylation sites (N-methyl/N-ethyl adjacent to an activating group) is 1. The summed E-state index contributed by atoms with van der Waals surface area (Å²) >= 11 is 0. The van der Waals surface area contributed by atoms with Gasteiger partial charge < -0.3 is 10.1 Å². The van der Waals surface area contributed by atoms with Crippen LogP contribution in [0, 0.1) is 13.8 Å². The minimum atomic E-state index is 0.208. The first-order chi connectivity index (χ1) is 10.2. The molecule has 0 fully saturated rings. The highest BCUT2D eigenvalue weighted by atomic mass is 16.5. The zero-order valence-electron chi connectivity index (χ0n) is 13.3. The summed E-state index contributed by atoms with van der Waals surface area (Å²) in [4.78, 5) is 4.32. The Balaban J connectivity index is 2.33. The summed E-state index contributed by atoms with van der Waals surface area (Å²) in [5.74, 6) is 0.703. The van der Waals surface area contributed by atoms with Crippen molar-refractivity contribution in [1.29, 1.82) is 0 Å². The molecule has 1 unspecified atom stereocenters. The third-order valence-corrected chi connectivity index (χ3v) is 3.75. The van der Waals surface area contributed by atoms with Gasteiger partial charge in [0.15, 0.2) is 0 Å². The molecule has 1 atom stereocenters. The van der Waals surface area contributed by atoms with Crippen LogP contribution in [0.3, 0.4) is 0 Å². The zero-order valence-corrected chi connectivity index (χ0v) is 13.3. The Bertz CT molecular complexity index is 596. The molecule has 21 heavy (non-hydrogen) atoms. The van der Waals surface area contributed by atoms with Crippen molar-refractivity contribution in [2.75, 3.05) is 13.7 Å². The van der Waals surface area contributed by atoms with Crippen molar-refractivity contribution in [3.63, 3.8) is 0 Å². The standard InChI is InChI=1S/C18H24N2O/c1-5-19-17(16-7-6-10-20-18(16)21-4)12-15-11-13(2)8-9-14(15)3/h6-11,17,19H,5,12H2,1-4H3. The zero-order chi connectivity index (χ0) is 15.2. The van der Waals surface area contributed by atoms with Crippen molar-refractivity contribution in [2.24, 2.45) is 0 Å². The molecule has 1 heterocycles. The third-order valence-electron chi connectivity index (χ3n) is 3.75. The van der Waals surface area contributed by atoms with Crippen LogP contribution >= 0.6 is 0 Å². The summed E-state index contributed by atoms with van der Waals surface area (Å²) in [6, 6.07) is 10.9. The van der Waals surface area contributed by atoms with Crippen LogP contribution in [0.25, 0.3) is 0 Å². The van der Waals surface area contributed by atoms with Crippen molar-refractivity contribution < 1.29 is 4.74 Å². The minimum absolute atomic E-state index is 0.208. The van der Waals surface area contributed by atoms with Gasteiger partial charge in [-0.2, -0.15) is 0 Å². The summed E-state index contributed by atoms with van der Waals surface area (Å²) in [7, 11) is 1.67. The Labute approximate surface area is 127 Å². The molecule has 2 rings (SSSR count). The number of hydrogen-bond acceptors (Lipinski definition) is 3. The molecule has 0 amide bonds. The predicted octanol–water partition coefficient (Wildman–Crippen LogP) is 3.60. The van der Waals surface area contributed by atoms with E-state index in [0.717, 1.165) is 18.5 Å². The number of hydrogen-bond donors (Lipinski definition) is 1. The maximum absolute atomic E-state index is 5.41. The van der Waals surface area contributed by atoms with E-state index in [4.69, 9.17) is 4.74 Å². The maximum atomic E-state index is 5.41. The number of nitrogens with zero attached hydrogens (tertiary/aromatic N) is 1. The Hall–Kier alpha value is -1.87. The second-order valence-electron chi connectivity index (χ2n) is 5.35. The van der Waals surface area contributed by atoms with Crippen LogP contribution in [0.15, 0.2) is 36.5 Å². The van der Waals surface area contributed by atoms with Crippen molar-refractivity contribution in [2.45, 2.75) is 33.2 Å². The number of benzene rings is 1. The molecule has 1 aromatic heterocycles. The van der Waals surface area contributed by atoms with Crippen molar-refractivity contribution in [3.8, 4) is 5.88 Å². The van der Waals surface area contributed by atoms with Crippen LogP contribution in [-0.2, 0) is 6.42 Å². The number of methoxy groups -OCH3 is 1. The lowest BCUT2D eigenvalue weighted by atomic mass is 9.95. The van der Waals surface area contributed by atoms with Crippen molar-refractivity contribution in [1.82, 2.24) is 10.3 Å². The molecule has 112 valence electrons. The van der Waals surface area contributed by atoms with Gasteiger partial charge in [0.1, 0.15) is 0 Å². The number of aryl methyl sites for hydroxylation is 2. The van der Waals surface area contributed by atoms with Gasteiger partial charge in [0.2, 0.25) is 5.88 Å². The van der Waals surface area contributed by atoms with Gasteiger partial charge in [-0.05, 0) is 44.0 Å². The summed E-state index contributed by atoms with van der Waals surface area (Å²) < 4.78 is 5.41. The van der Waals surface area contributed by atoms with E-state index in [-0.39, 0.29) is 6.04 Å². The third kappa shape index (κ3) is 3.82. The minimum Gasteiger partial charge on any atom is -0.481 e. The second kappa shape index (κ2) is 7.23. The van der Waals surface area contributed by atoms with E-state index < -0.39 is 0 Å². The molecule has 0 spiro atoms. The van der Waals surface area contributed by atoms with Gasteiger partial charge in [0.25, 0.3) is 0 Å². The molecule has 0 aliphatic rings. The molecule has 0 saturated heterocycles. The molecule has 1 aromatic carbocycles. The van der Waals surface area contributed by atoms with Crippen LogP contribution in [-0.4, -0.2) is 18.6 Å². The van der Waals surface area contributed by atoms with Crippen molar-refractivity contribution >= 4 is 0 Å². The fraction of sp³-hybridized carbons (Fsp3) is 0.389. The van der Waals surface area contributed by atoms with E-state index in [1.165, 1.54) is 16.7 Å². The van der Waals surface area contributed by atoms with Crippen LogP contribution in [0.1, 0.15) is 35.2 Å². The van der Waals surface area contributed by atoms with E-state index >= 15 is 0 Å². The Morgan fingerprint density at radius 3 is 2.76 bits per heavy atom. The highest BCUT2D eigenvalue weighted by molar-refractivity contribution is 5.35. The summed E-state index contributed by atoms with van der Waals surface area (Å²) in [5.41, 5.74) is 5.10. The summed E-state index contributed by atoms with van der Waals surface area (Å²) in [5, 5.41) is 3.55. The highest BCUT2D eigenvalue weighted by Gasteiger charge is 2.17. The number of rotatable bonds is 6. The Morgan fingerprint density at radius 2 is 2.05 bits per heavy atom. The lowest BCUT2D eigenvalue weighted by Gasteiger charge is -2.21. The number of nitrogens with one attached hydrogen (secondary N) is 1. The molecule has 0 saturated carbocycles.